The molecular formula is C34H42N2O7. The van der Waals surface area contributed by atoms with Crippen LogP contribution in [0.5, 0.6) is 0 Å². The number of nitrogens with zero attached hydrogens (tertiary/aromatic N) is 1. The first-order valence-electron chi connectivity index (χ1n) is 14.8. The molecule has 5 atom stereocenters. The fraction of sp³-hybridized carbons (Fsp3) is 0.412. The molecule has 4 N–H and O–H groups in total. The Bertz CT molecular complexity index is 1320. The summed E-state index contributed by atoms with van der Waals surface area (Å²) >= 11 is 0. The van der Waals surface area contributed by atoms with E-state index in [4.69, 9.17) is 14.6 Å². The number of likely N-dealkylation sites (N-methyl/N-ethyl adjacent to an activating group) is 1. The standard InChI is InChI=1S/C34H42N2O7/c1-23(33(41)26-9-4-3-5-10-26)36(2)21-29-20-30(25-17-15-24(22-37)16-18-25)43-34(42-29)27-11-8-12-28(19-27)35-31(38)13-6-7-14-32(39)40/h3-5,8-12,15-19,23,29-30,33-34,37,41H,6-7,13-14,20-22H2,1-2H3,(H,35,38)(H,39,40). The number of carbonyl (C=O) groups excluding carboxylic acids is 1. The fourth-order valence-electron chi connectivity index (χ4n) is 5.24. The van der Waals surface area contributed by atoms with Gasteiger partial charge in [-0.2, -0.15) is 0 Å². The zero-order chi connectivity index (χ0) is 30.8. The van der Waals surface area contributed by atoms with Gasteiger partial charge < -0.3 is 30.1 Å². The average molecular weight is 591 g/mol. The fourth-order valence-corrected chi connectivity index (χ4v) is 5.24. The lowest BCUT2D eigenvalue weighted by Crippen LogP contribution is -2.43. The number of hydrogen-bond donors (Lipinski definition) is 4. The molecule has 230 valence electrons. The maximum atomic E-state index is 12.5. The number of aliphatic hydroxyl groups excluding tert-OH is 2. The van der Waals surface area contributed by atoms with Crippen LogP contribution in [0.25, 0.3) is 0 Å². The van der Waals surface area contributed by atoms with Gasteiger partial charge >= 0.3 is 5.97 Å². The predicted molar refractivity (Wildman–Crippen MR) is 163 cm³/mol. The minimum absolute atomic E-state index is 0.0370. The van der Waals surface area contributed by atoms with Crippen molar-refractivity contribution in [2.75, 3.05) is 18.9 Å². The highest BCUT2D eigenvalue weighted by molar-refractivity contribution is 5.90. The molecule has 0 spiro atoms. The maximum absolute atomic E-state index is 12.5. The third-order valence-corrected chi connectivity index (χ3v) is 7.89. The van der Waals surface area contributed by atoms with Crippen molar-refractivity contribution >= 4 is 17.6 Å². The van der Waals surface area contributed by atoms with Crippen LogP contribution in [-0.2, 0) is 25.7 Å². The van der Waals surface area contributed by atoms with E-state index in [1.54, 1.807) is 6.07 Å². The highest BCUT2D eigenvalue weighted by atomic mass is 16.7. The van der Waals surface area contributed by atoms with Crippen molar-refractivity contribution in [2.24, 2.45) is 0 Å². The van der Waals surface area contributed by atoms with Crippen molar-refractivity contribution in [2.45, 2.75) is 76.3 Å². The van der Waals surface area contributed by atoms with Gasteiger partial charge in [0.1, 0.15) is 0 Å². The molecule has 1 amide bonds. The lowest BCUT2D eigenvalue weighted by molar-refractivity contribution is -0.253. The van der Waals surface area contributed by atoms with Crippen LogP contribution in [0.3, 0.4) is 0 Å². The number of carboxylic acid groups (broad SMARTS) is 1. The number of amides is 1. The van der Waals surface area contributed by atoms with Crippen molar-refractivity contribution in [3.63, 3.8) is 0 Å². The average Bonchev–Trinajstić information content (AvgIpc) is 3.02. The molecular weight excluding hydrogens is 548 g/mol. The molecule has 9 heteroatoms. The summed E-state index contributed by atoms with van der Waals surface area (Å²) in [4.78, 5) is 25.3. The number of rotatable bonds is 14. The lowest BCUT2D eigenvalue weighted by Gasteiger charge is -2.39. The van der Waals surface area contributed by atoms with Crippen LogP contribution in [0, 0.1) is 0 Å². The quantitative estimate of drug-likeness (QED) is 0.185. The summed E-state index contributed by atoms with van der Waals surface area (Å²) in [6.07, 6.45) is -0.0225. The van der Waals surface area contributed by atoms with Gasteiger partial charge in [0.25, 0.3) is 0 Å². The third kappa shape index (κ3) is 9.44. The van der Waals surface area contributed by atoms with Crippen LogP contribution >= 0.6 is 0 Å². The van der Waals surface area contributed by atoms with Gasteiger partial charge in [-0.25, -0.2) is 0 Å². The summed E-state index contributed by atoms with van der Waals surface area (Å²) in [5.41, 5.74) is 4.01. The van der Waals surface area contributed by atoms with E-state index in [1.165, 1.54) is 0 Å². The van der Waals surface area contributed by atoms with Crippen molar-refractivity contribution < 1.29 is 34.4 Å². The van der Waals surface area contributed by atoms with Crippen molar-refractivity contribution in [1.82, 2.24) is 4.90 Å². The normalized spacial score (nSPS) is 20.0. The molecule has 43 heavy (non-hydrogen) atoms. The second kappa shape index (κ2) is 15.7. The second-order valence-corrected chi connectivity index (χ2v) is 11.2. The molecule has 3 aromatic rings. The maximum Gasteiger partial charge on any atom is 0.303 e. The second-order valence-electron chi connectivity index (χ2n) is 11.2. The Morgan fingerprint density at radius 2 is 1.67 bits per heavy atom. The van der Waals surface area contributed by atoms with Gasteiger partial charge in [0.2, 0.25) is 5.91 Å². The number of carboxylic acids is 1. The van der Waals surface area contributed by atoms with Gasteiger partial charge in [-0.1, -0.05) is 66.7 Å². The predicted octanol–water partition coefficient (Wildman–Crippen LogP) is 5.36. The highest BCUT2D eigenvalue weighted by Gasteiger charge is 2.34. The van der Waals surface area contributed by atoms with E-state index in [9.17, 15) is 19.8 Å². The number of nitrogens with one attached hydrogen (secondary N) is 1. The molecule has 0 aliphatic carbocycles. The van der Waals surface area contributed by atoms with Crippen molar-refractivity contribution in [3.05, 3.63) is 101 Å². The number of anilines is 1. The highest BCUT2D eigenvalue weighted by Crippen LogP contribution is 2.39. The smallest absolute Gasteiger partial charge is 0.303 e. The summed E-state index contributed by atoms with van der Waals surface area (Å²) in [6.45, 7) is 2.51. The van der Waals surface area contributed by atoms with Gasteiger partial charge in [0.05, 0.1) is 24.9 Å². The summed E-state index contributed by atoms with van der Waals surface area (Å²) in [5.74, 6) is -1.05. The molecule has 1 heterocycles. The SMILES string of the molecule is CC(C(O)c1ccccc1)N(C)CC1CC(c2ccc(CO)cc2)OC(c2cccc(NC(=O)CCCCC(=O)O)c2)O1. The van der Waals surface area contributed by atoms with E-state index in [0.29, 0.717) is 31.5 Å². The largest absolute Gasteiger partial charge is 0.481 e. The van der Waals surface area contributed by atoms with Crippen LogP contribution in [0.1, 0.15) is 79.8 Å². The van der Waals surface area contributed by atoms with E-state index in [1.807, 2.05) is 86.8 Å². The molecule has 9 nitrogen and oxygen atoms in total. The Labute approximate surface area is 253 Å². The molecule has 0 radical (unpaired) electrons. The first-order chi connectivity index (χ1) is 20.7. The van der Waals surface area contributed by atoms with Gasteiger partial charge in [-0.15, -0.1) is 0 Å². The molecule has 3 aromatic carbocycles. The van der Waals surface area contributed by atoms with E-state index in [2.05, 4.69) is 10.2 Å². The number of ether oxygens (including phenoxy) is 2. The zero-order valence-electron chi connectivity index (χ0n) is 24.8. The topological polar surface area (TPSA) is 129 Å². The number of unbranched alkanes of at least 4 members (excludes halogenated alkanes) is 1. The van der Waals surface area contributed by atoms with E-state index >= 15 is 0 Å². The van der Waals surface area contributed by atoms with Gasteiger partial charge in [-0.3, -0.25) is 14.5 Å². The first-order valence-corrected chi connectivity index (χ1v) is 14.8. The van der Waals surface area contributed by atoms with Crippen LogP contribution in [0.2, 0.25) is 0 Å². The monoisotopic (exact) mass is 590 g/mol. The number of aliphatic hydroxyl groups is 2. The Morgan fingerprint density at radius 3 is 2.37 bits per heavy atom. The van der Waals surface area contributed by atoms with E-state index in [-0.39, 0.29) is 43.6 Å². The lowest BCUT2D eigenvalue weighted by atomic mass is 9.98. The van der Waals surface area contributed by atoms with Crippen molar-refractivity contribution in [1.29, 1.82) is 0 Å². The number of aliphatic carboxylic acids is 1. The van der Waals surface area contributed by atoms with Crippen LogP contribution in [-0.4, -0.2) is 57.8 Å². The Morgan fingerprint density at radius 1 is 0.953 bits per heavy atom. The van der Waals surface area contributed by atoms with Gasteiger partial charge in [0.15, 0.2) is 6.29 Å². The van der Waals surface area contributed by atoms with Gasteiger partial charge in [-0.05, 0) is 55.6 Å². The molecule has 1 aliphatic heterocycles. The van der Waals surface area contributed by atoms with Gasteiger partial charge in [0, 0.05) is 43.1 Å². The zero-order valence-corrected chi connectivity index (χ0v) is 24.8. The summed E-state index contributed by atoms with van der Waals surface area (Å²) in [5, 5.41) is 32.2. The van der Waals surface area contributed by atoms with Crippen molar-refractivity contribution in [3.8, 4) is 0 Å². The number of benzene rings is 3. The minimum Gasteiger partial charge on any atom is -0.481 e. The van der Waals surface area contributed by atoms with Crippen LogP contribution < -0.4 is 5.32 Å². The molecule has 1 aliphatic rings. The Balaban J connectivity index is 1.48. The number of carbonyl (C=O) groups is 2. The molecule has 1 saturated heterocycles. The Hall–Kier alpha value is -3.60. The summed E-state index contributed by atoms with van der Waals surface area (Å²) in [7, 11) is 1.97. The minimum atomic E-state index is -0.866. The van der Waals surface area contributed by atoms with E-state index in [0.717, 1.165) is 22.3 Å². The molecule has 4 rings (SSSR count). The van der Waals surface area contributed by atoms with Crippen LogP contribution in [0.4, 0.5) is 5.69 Å². The summed E-state index contributed by atoms with van der Waals surface area (Å²) < 4.78 is 12.9. The summed E-state index contributed by atoms with van der Waals surface area (Å²) in [6, 6.07) is 24.5. The molecule has 1 fully saturated rings. The third-order valence-electron chi connectivity index (χ3n) is 7.89. The van der Waals surface area contributed by atoms with Crippen LogP contribution in [0.15, 0.2) is 78.9 Å². The number of hydrogen-bond acceptors (Lipinski definition) is 7. The van der Waals surface area contributed by atoms with E-state index < -0.39 is 18.4 Å². The Kier molecular flexibility index (Phi) is 11.8. The first kappa shape index (κ1) is 32.3. The molecule has 0 saturated carbocycles. The molecule has 0 aromatic heterocycles. The molecule has 0 bridgehead atoms. The molecule has 5 unspecified atom stereocenters.